The summed E-state index contributed by atoms with van der Waals surface area (Å²) in [6.45, 7) is 5.09. The molecule has 0 saturated carbocycles. The van der Waals surface area contributed by atoms with Crippen LogP contribution >= 0.6 is 0 Å². The van der Waals surface area contributed by atoms with Gasteiger partial charge in [0.15, 0.2) is 18.3 Å². The zero-order valence-corrected chi connectivity index (χ0v) is 14.8. The van der Waals surface area contributed by atoms with Crippen molar-refractivity contribution in [2.75, 3.05) is 20.6 Å². The Kier molecular flexibility index (Phi) is 6.79. The first-order chi connectivity index (χ1) is 10.4. The number of hydrogen-bond donors (Lipinski definition) is 1. The minimum Gasteiger partial charge on any atom is -1.00 e. The summed E-state index contributed by atoms with van der Waals surface area (Å²) in [6.07, 6.45) is 4.51. The highest BCUT2D eigenvalue weighted by atomic mass is 35.5. The minimum atomic E-state index is -0.157. The molecule has 23 heavy (non-hydrogen) atoms. The van der Waals surface area contributed by atoms with Crippen LogP contribution in [0.1, 0.15) is 17.5 Å². The Hall–Kier alpha value is -1.85. The van der Waals surface area contributed by atoms with Crippen LogP contribution in [0.5, 0.6) is 5.88 Å². The second-order valence-corrected chi connectivity index (χ2v) is 5.82. The first-order valence-corrected chi connectivity index (χ1v) is 7.48. The molecule has 0 aliphatic heterocycles. The van der Waals surface area contributed by atoms with Crippen LogP contribution in [-0.4, -0.2) is 35.2 Å². The van der Waals surface area contributed by atoms with Gasteiger partial charge in [0.25, 0.3) is 5.69 Å². The van der Waals surface area contributed by atoms with Crippen molar-refractivity contribution in [3.05, 3.63) is 52.1 Å². The summed E-state index contributed by atoms with van der Waals surface area (Å²) in [5.74, 6) is 0.0709. The predicted octanol–water partition coefficient (Wildman–Crippen LogP) is -1.60. The third-order valence-corrected chi connectivity index (χ3v) is 3.92. The molecule has 5 nitrogen and oxygen atoms in total. The third kappa shape index (κ3) is 4.12. The van der Waals surface area contributed by atoms with Gasteiger partial charge in [0.05, 0.1) is 0 Å². The quantitative estimate of drug-likeness (QED) is 0.669. The predicted molar refractivity (Wildman–Crippen MR) is 86.5 cm³/mol. The van der Waals surface area contributed by atoms with Crippen LogP contribution < -0.4 is 22.5 Å². The minimum absolute atomic E-state index is 0. The normalized spacial score (nSPS) is 10.7. The van der Waals surface area contributed by atoms with E-state index in [1.54, 1.807) is 0 Å². The van der Waals surface area contributed by atoms with E-state index in [1.165, 1.54) is 4.57 Å². The number of hydrogen-bond acceptors (Lipinski definition) is 3. The fourth-order valence-corrected chi connectivity index (χ4v) is 2.54. The summed E-state index contributed by atoms with van der Waals surface area (Å²) in [5.41, 5.74) is 2.00. The number of nitrogens with zero attached hydrogens (tertiary/aromatic N) is 3. The summed E-state index contributed by atoms with van der Waals surface area (Å²) in [5, 5.41) is 10.3. The monoisotopic (exact) mass is 337 g/mol. The molecule has 0 atom stereocenters. The Bertz CT molecular complexity index is 712. The molecule has 0 amide bonds. The van der Waals surface area contributed by atoms with Crippen LogP contribution in [0, 0.1) is 13.8 Å². The van der Waals surface area contributed by atoms with Gasteiger partial charge in [-0.05, 0) is 40.9 Å². The highest BCUT2D eigenvalue weighted by Crippen LogP contribution is 2.20. The molecule has 2 aromatic heterocycles. The molecule has 0 fully saturated rings. The molecule has 126 valence electrons. The first-order valence-electron chi connectivity index (χ1n) is 7.48. The van der Waals surface area contributed by atoms with E-state index in [0.717, 1.165) is 24.1 Å². The molecular formula is C17H24ClN3O2. The van der Waals surface area contributed by atoms with E-state index in [4.69, 9.17) is 0 Å². The van der Waals surface area contributed by atoms with Crippen molar-refractivity contribution in [2.45, 2.75) is 26.8 Å². The molecule has 0 aliphatic rings. The molecule has 0 spiro atoms. The SMILES string of the molecule is Cc1c(C)c(O)n(CCCN(C)C)c(=O)c1-[n+]1ccccc1.[Cl-]. The van der Waals surface area contributed by atoms with Gasteiger partial charge in [-0.1, -0.05) is 6.07 Å². The van der Waals surface area contributed by atoms with Gasteiger partial charge < -0.3 is 22.4 Å². The summed E-state index contributed by atoms with van der Waals surface area (Å²) in [4.78, 5) is 14.9. The zero-order valence-electron chi connectivity index (χ0n) is 14.1. The van der Waals surface area contributed by atoms with Crippen molar-refractivity contribution in [3.8, 4) is 11.6 Å². The highest BCUT2D eigenvalue weighted by Gasteiger charge is 2.22. The Morgan fingerprint density at radius 1 is 1.13 bits per heavy atom. The van der Waals surface area contributed by atoms with Crippen LogP contribution in [0.4, 0.5) is 0 Å². The molecule has 0 unspecified atom stereocenters. The molecule has 6 heteroatoms. The smallest absolute Gasteiger partial charge is 0.326 e. The zero-order chi connectivity index (χ0) is 16.3. The van der Waals surface area contributed by atoms with E-state index >= 15 is 0 Å². The van der Waals surface area contributed by atoms with Gasteiger partial charge in [0.2, 0.25) is 0 Å². The molecule has 2 rings (SSSR count). The second kappa shape index (κ2) is 8.13. The Labute approximate surface area is 143 Å². The fraction of sp³-hybridized carbons (Fsp3) is 0.412. The van der Waals surface area contributed by atoms with E-state index in [2.05, 4.69) is 4.90 Å². The maximum absolute atomic E-state index is 12.8. The maximum atomic E-state index is 12.8. The molecule has 1 N–H and O–H groups in total. The summed E-state index contributed by atoms with van der Waals surface area (Å²) in [7, 11) is 3.99. The molecular weight excluding hydrogens is 314 g/mol. The van der Waals surface area contributed by atoms with Crippen molar-refractivity contribution >= 4 is 0 Å². The fourth-order valence-electron chi connectivity index (χ4n) is 2.54. The lowest BCUT2D eigenvalue weighted by Gasteiger charge is -2.15. The van der Waals surface area contributed by atoms with E-state index < -0.39 is 0 Å². The Balaban J connectivity index is 0.00000264. The van der Waals surface area contributed by atoms with Gasteiger partial charge in [-0.2, -0.15) is 4.57 Å². The van der Waals surface area contributed by atoms with Crippen LogP contribution in [0.3, 0.4) is 0 Å². The van der Waals surface area contributed by atoms with Gasteiger partial charge in [-0.15, -0.1) is 0 Å². The van der Waals surface area contributed by atoms with E-state index in [0.29, 0.717) is 12.2 Å². The van der Waals surface area contributed by atoms with Crippen molar-refractivity contribution in [1.82, 2.24) is 9.47 Å². The maximum Gasteiger partial charge on any atom is 0.326 e. The van der Waals surface area contributed by atoms with Gasteiger partial charge >= 0.3 is 5.56 Å². The lowest BCUT2D eigenvalue weighted by Crippen LogP contribution is -3.00. The Morgan fingerprint density at radius 3 is 2.30 bits per heavy atom. The lowest BCUT2D eigenvalue weighted by molar-refractivity contribution is -0.597. The van der Waals surface area contributed by atoms with Crippen LogP contribution in [0.2, 0.25) is 0 Å². The number of aromatic nitrogens is 2. The van der Waals surface area contributed by atoms with Crippen LogP contribution in [0.15, 0.2) is 35.4 Å². The summed E-state index contributed by atoms with van der Waals surface area (Å²) >= 11 is 0. The summed E-state index contributed by atoms with van der Waals surface area (Å²) in [6, 6.07) is 5.68. The van der Waals surface area contributed by atoms with Crippen LogP contribution in [0.25, 0.3) is 5.69 Å². The molecule has 0 radical (unpaired) electrons. The second-order valence-electron chi connectivity index (χ2n) is 5.82. The molecule has 0 bridgehead atoms. The number of halogens is 1. The van der Waals surface area contributed by atoms with E-state index in [1.807, 2.05) is 63.1 Å². The van der Waals surface area contributed by atoms with Crippen LogP contribution in [-0.2, 0) is 6.54 Å². The standard InChI is InChI=1S/C17H23N3O2.ClH/c1-13-14(2)16(21)20(12-8-9-18(3)4)17(22)15(13)19-10-6-5-7-11-19;/h5-7,10-11H,8-9,12H2,1-4H3;1H. The van der Waals surface area contributed by atoms with Gasteiger partial charge in [-0.25, -0.2) is 0 Å². The average molecular weight is 338 g/mol. The number of aromatic hydroxyl groups is 1. The average Bonchev–Trinajstić information content (AvgIpc) is 2.49. The Morgan fingerprint density at radius 2 is 1.74 bits per heavy atom. The van der Waals surface area contributed by atoms with Gasteiger partial charge in [0, 0.05) is 29.8 Å². The van der Waals surface area contributed by atoms with Crippen molar-refractivity contribution < 1.29 is 22.1 Å². The largest absolute Gasteiger partial charge is 1.00 e. The molecule has 2 aromatic rings. The van der Waals surface area contributed by atoms with Crippen molar-refractivity contribution in [1.29, 1.82) is 0 Å². The van der Waals surface area contributed by atoms with E-state index in [-0.39, 0.29) is 23.8 Å². The lowest BCUT2D eigenvalue weighted by atomic mass is 10.1. The van der Waals surface area contributed by atoms with Gasteiger partial charge in [0.1, 0.15) is 0 Å². The topological polar surface area (TPSA) is 49.4 Å². The van der Waals surface area contributed by atoms with Crippen molar-refractivity contribution in [2.24, 2.45) is 0 Å². The highest BCUT2D eigenvalue weighted by molar-refractivity contribution is 5.42. The third-order valence-electron chi connectivity index (χ3n) is 3.92. The van der Waals surface area contributed by atoms with Gasteiger partial charge in [-0.3, -0.25) is 9.36 Å². The molecule has 2 heterocycles. The van der Waals surface area contributed by atoms with Crippen molar-refractivity contribution in [3.63, 3.8) is 0 Å². The number of pyridine rings is 2. The molecule has 0 saturated heterocycles. The molecule has 0 aliphatic carbocycles. The van der Waals surface area contributed by atoms with E-state index in [9.17, 15) is 9.90 Å². The number of rotatable bonds is 5. The first kappa shape index (κ1) is 19.2. The molecule has 0 aromatic carbocycles. The summed E-state index contributed by atoms with van der Waals surface area (Å²) < 4.78 is 3.29.